The van der Waals surface area contributed by atoms with Crippen LogP contribution in [-0.2, 0) is 17.9 Å². The molecule has 3 heterocycles. The number of pyridine rings is 1. The lowest BCUT2D eigenvalue weighted by Crippen LogP contribution is -2.48. The van der Waals surface area contributed by atoms with Gasteiger partial charge in [-0.2, -0.15) is 0 Å². The molecule has 36 heavy (non-hydrogen) atoms. The number of rotatable bonds is 7. The highest BCUT2D eigenvalue weighted by molar-refractivity contribution is 6.32. The van der Waals surface area contributed by atoms with Gasteiger partial charge in [-0.3, -0.25) is 4.79 Å². The fourth-order valence-corrected chi connectivity index (χ4v) is 4.83. The molecule has 4 N–H and O–H groups in total. The molecule has 3 atom stereocenters. The number of aliphatic hydroxyl groups is 1. The molecule has 10 nitrogen and oxygen atoms in total. The van der Waals surface area contributed by atoms with Gasteiger partial charge in [0.1, 0.15) is 5.82 Å². The summed E-state index contributed by atoms with van der Waals surface area (Å²) in [6.45, 7) is 0.702. The van der Waals surface area contributed by atoms with Crippen molar-refractivity contribution in [2.24, 2.45) is 0 Å². The van der Waals surface area contributed by atoms with Gasteiger partial charge in [-0.1, -0.05) is 11.6 Å². The Hall–Kier alpha value is -3.12. The summed E-state index contributed by atoms with van der Waals surface area (Å²) in [5.74, 6) is 0.288. The summed E-state index contributed by atoms with van der Waals surface area (Å²) >= 11 is 6.36. The molecule has 2 aliphatic rings. The van der Waals surface area contributed by atoms with Gasteiger partial charge in [0.05, 0.1) is 35.6 Å². The number of anilines is 1. The number of nitrogens with one attached hydrogen (secondary N) is 3. The lowest BCUT2D eigenvalue weighted by Gasteiger charge is -2.34. The predicted octanol–water partition coefficient (Wildman–Crippen LogP) is 2.32. The lowest BCUT2D eigenvalue weighted by atomic mass is 9.88. The molecule has 1 aromatic carbocycles. The van der Waals surface area contributed by atoms with Gasteiger partial charge in [0.2, 0.25) is 5.88 Å². The molecule has 1 amide bonds. The van der Waals surface area contributed by atoms with Gasteiger partial charge < -0.3 is 30.5 Å². The molecule has 0 unspecified atom stereocenters. The van der Waals surface area contributed by atoms with Crippen molar-refractivity contribution in [3.8, 4) is 11.8 Å². The van der Waals surface area contributed by atoms with Crippen LogP contribution in [0.15, 0.2) is 24.4 Å². The summed E-state index contributed by atoms with van der Waals surface area (Å²) in [7, 11) is 1.50. The summed E-state index contributed by atoms with van der Waals surface area (Å²) < 4.78 is 24.8. The number of benzene rings is 1. The smallest absolute Gasteiger partial charge is 0.263 e. The van der Waals surface area contributed by atoms with Crippen LogP contribution in [0.1, 0.15) is 30.5 Å². The van der Waals surface area contributed by atoms with Crippen molar-refractivity contribution in [1.82, 2.24) is 25.6 Å². The van der Waals surface area contributed by atoms with Crippen molar-refractivity contribution in [3.63, 3.8) is 0 Å². The largest absolute Gasteiger partial charge is 0.481 e. The van der Waals surface area contributed by atoms with E-state index in [1.54, 1.807) is 18.3 Å². The van der Waals surface area contributed by atoms with Crippen molar-refractivity contribution in [3.05, 3.63) is 46.5 Å². The van der Waals surface area contributed by atoms with Crippen LogP contribution in [0.3, 0.4) is 0 Å². The fourth-order valence-electron chi connectivity index (χ4n) is 4.58. The zero-order valence-corrected chi connectivity index (χ0v) is 20.3. The molecule has 0 radical (unpaired) electrons. The first-order valence-corrected chi connectivity index (χ1v) is 12.0. The van der Waals surface area contributed by atoms with E-state index in [2.05, 4.69) is 30.9 Å². The van der Waals surface area contributed by atoms with Crippen LogP contribution < -0.4 is 25.4 Å². The van der Waals surface area contributed by atoms with Crippen molar-refractivity contribution in [2.75, 3.05) is 19.0 Å². The number of halogens is 2. The molecule has 12 heteroatoms. The second-order valence-corrected chi connectivity index (χ2v) is 9.27. The maximum Gasteiger partial charge on any atom is 0.263 e. The molecule has 0 bridgehead atoms. The van der Waals surface area contributed by atoms with Crippen LogP contribution >= 0.6 is 11.6 Å². The minimum absolute atomic E-state index is 0.0667. The van der Waals surface area contributed by atoms with Crippen molar-refractivity contribution in [1.29, 1.82) is 0 Å². The van der Waals surface area contributed by atoms with Gasteiger partial charge in [-0.25, -0.2) is 19.3 Å². The highest BCUT2D eigenvalue weighted by Crippen LogP contribution is 2.30. The molecule has 1 aliphatic heterocycles. The zero-order valence-electron chi connectivity index (χ0n) is 19.6. The molecule has 0 saturated heterocycles. The third kappa shape index (κ3) is 5.19. The molecule has 0 spiro atoms. The first kappa shape index (κ1) is 24.6. The summed E-state index contributed by atoms with van der Waals surface area (Å²) in [5.41, 5.74) is 1.75. The Morgan fingerprint density at radius 2 is 2.14 bits per heavy atom. The Morgan fingerprint density at radius 3 is 2.94 bits per heavy atom. The molecule has 5 rings (SSSR count). The number of hydrogen-bond donors (Lipinski definition) is 4. The van der Waals surface area contributed by atoms with E-state index in [4.69, 9.17) is 21.1 Å². The molecule has 3 aromatic rings. The lowest BCUT2D eigenvalue weighted by molar-refractivity contribution is -0.118. The van der Waals surface area contributed by atoms with Crippen molar-refractivity contribution >= 4 is 34.2 Å². The SMILES string of the molecule is COc1ccc2c(F)cc(Cl)c(CN[C@@H]3CC[C@@H](NCc4cnc5c(n4)NC(=O)CO5)C[C@@H]3O)c2n1. The fraction of sp³-hybridized carbons (Fsp3) is 0.417. The number of carbonyl (C=O) groups excluding carboxylic acids is 1. The molecule has 2 aromatic heterocycles. The molecular formula is C24H26ClFN6O4. The van der Waals surface area contributed by atoms with Gasteiger partial charge in [0.15, 0.2) is 12.4 Å². The van der Waals surface area contributed by atoms with Gasteiger partial charge in [-0.15, -0.1) is 0 Å². The maximum absolute atomic E-state index is 14.4. The number of ether oxygens (including phenoxy) is 2. The average Bonchev–Trinajstić information content (AvgIpc) is 2.87. The quantitative estimate of drug-likeness (QED) is 0.373. The van der Waals surface area contributed by atoms with Crippen LogP contribution in [0.25, 0.3) is 10.9 Å². The monoisotopic (exact) mass is 516 g/mol. The number of hydrogen-bond acceptors (Lipinski definition) is 9. The summed E-state index contributed by atoms with van der Waals surface area (Å²) in [4.78, 5) is 24.5. The molecule has 1 fully saturated rings. The molecule has 1 aliphatic carbocycles. The van der Waals surface area contributed by atoms with Gasteiger partial charge in [0, 0.05) is 42.2 Å². The number of nitrogens with zero attached hydrogens (tertiary/aromatic N) is 3. The Kier molecular flexibility index (Phi) is 7.15. The van der Waals surface area contributed by atoms with E-state index in [1.807, 2.05) is 0 Å². The summed E-state index contributed by atoms with van der Waals surface area (Å²) in [6.07, 6.45) is 3.11. The van der Waals surface area contributed by atoms with Crippen LogP contribution in [0, 0.1) is 5.82 Å². The second-order valence-electron chi connectivity index (χ2n) is 8.87. The number of aliphatic hydroxyl groups excluding tert-OH is 1. The van der Waals surface area contributed by atoms with E-state index < -0.39 is 11.9 Å². The van der Waals surface area contributed by atoms with Crippen LogP contribution in [-0.4, -0.2) is 57.9 Å². The average molecular weight is 517 g/mol. The predicted molar refractivity (Wildman–Crippen MR) is 131 cm³/mol. The van der Waals surface area contributed by atoms with E-state index in [-0.39, 0.29) is 29.6 Å². The number of carbonyl (C=O) groups is 1. The number of amides is 1. The minimum Gasteiger partial charge on any atom is -0.481 e. The molecular weight excluding hydrogens is 491 g/mol. The van der Waals surface area contributed by atoms with Crippen LogP contribution in [0.5, 0.6) is 11.8 Å². The van der Waals surface area contributed by atoms with E-state index >= 15 is 0 Å². The van der Waals surface area contributed by atoms with Gasteiger partial charge >= 0.3 is 0 Å². The maximum atomic E-state index is 14.4. The van der Waals surface area contributed by atoms with E-state index in [0.29, 0.717) is 59.2 Å². The van der Waals surface area contributed by atoms with Gasteiger partial charge in [-0.05, 0) is 31.4 Å². The van der Waals surface area contributed by atoms with E-state index in [1.165, 1.54) is 13.2 Å². The summed E-state index contributed by atoms with van der Waals surface area (Å²) in [5, 5.41) is 20.8. The van der Waals surface area contributed by atoms with E-state index in [9.17, 15) is 14.3 Å². The number of fused-ring (bicyclic) bond motifs is 2. The minimum atomic E-state index is -0.591. The van der Waals surface area contributed by atoms with Crippen molar-refractivity contribution in [2.45, 2.75) is 50.5 Å². The molecule has 190 valence electrons. The first-order valence-electron chi connectivity index (χ1n) is 11.7. The molecule has 1 saturated carbocycles. The highest BCUT2D eigenvalue weighted by Gasteiger charge is 2.29. The Labute approximate surface area is 211 Å². The summed E-state index contributed by atoms with van der Waals surface area (Å²) in [6, 6.07) is 4.45. The highest BCUT2D eigenvalue weighted by atomic mass is 35.5. The normalized spacial score (nSPS) is 21.6. The standard InChI is InChI=1S/C24H26ClFN6O4/c1-35-21-5-3-14-17(26)7-16(25)15(22(14)32-21)10-28-18-4-2-12(6-19(18)33)27-8-13-9-29-24-23(30-13)31-20(34)11-36-24/h3,5,7,9,12,18-19,27-28,33H,2,4,6,8,10-11H2,1H3,(H,30,31,34)/t12-,18-,19+/m1/s1. The Morgan fingerprint density at radius 1 is 1.28 bits per heavy atom. The Bertz CT molecular complexity index is 1300. The number of aromatic nitrogens is 3. The Balaban J connectivity index is 1.18. The third-order valence-electron chi connectivity index (χ3n) is 6.48. The topological polar surface area (TPSA) is 131 Å². The number of methoxy groups -OCH3 is 1. The van der Waals surface area contributed by atoms with Crippen molar-refractivity contribution < 1.29 is 23.8 Å². The third-order valence-corrected chi connectivity index (χ3v) is 6.82. The second kappa shape index (κ2) is 10.5. The zero-order chi connectivity index (χ0) is 25.2. The first-order chi connectivity index (χ1) is 17.4. The van der Waals surface area contributed by atoms with Crippen LogP contribution in [0.2, 0.25) is 5.02 Å². The van der Waals surface area contributed by atoms with Gasteiger partial charge in [0.25, 0.3) is 11.8 Å². The van der Waals surface area contributed by atoms with Crippen LogP contribution in [0.4, 0.5) is 10.2 Å². The van der Waals surface area contributed by atoms with E-state index in [0.717, 1.165) is 12.8 Å².